The van der Waals surface area contributed by atoms with Gasteiger partial charge in [-0.05, 0) is 41.8 Å². The average Bonchev–Trinajstić information content (AvgIpc) is 3.29. The number of Topliss-reactive ketones (excluding diaryl/α,β-unsaturated/α-hetero) is 1. The van der Waals surface area contributed by atoms with E-state index in [1.807, 2.05) is 30.3 Å². The fourth-order valence-electron chi connectivity index (χ4n) is 4.63. The Hall–Kier alpha value is -2.53. The highest BCUT2D eigenvalue weighted by Gasteiger charge is 2.34. The number of nitrogens with one attached hydrogen (secondary N) is 1. The third-order valence-corrected chi connectivity index (χ3v) is 5.87. The largest absolute Gasteiger partial charge is 0.328 e. The number of amides is 1. The first-order valence-electron chi connectivity index (χ1n) is 9.16. The van der Waals surface area contributed by atoms with Gasteiger partial charge in [-0.3, -0.25) is 9.59 Å². The van der Waals surface area contributed by atoms with E-state index in [1.54, 1.807) is 11.9 Å². The molecule has 2 unspecified atom stereocenters. The van der Waals surface area contributed by atoms with Gasteiger partial charge in [0.25, 0.3) is 0 Å². The van der Waals surface area contributed by atoms with E-state index in [0.717, 1.165) is 60.3 Å². The maximum atomic E-state index is 12.7. The Kier molecular flexibility index (Phi) is 4.32. The maximum Gasteiger partial charge on any atom is 0.210 e. The van der Waals surface area contributed by atoms with Gasteiger partial charge in [0.15, 0.2) is 5.78 Å². The van der Waals surface area contributed by atoms with Crippen molar-refractivity contribution in [1.82, 2.24) is 10.2 Å². The molecule has 2 aliphatic carbocycles. The summed E-state index contributed by atoms with van der Waals surface area (Å²) in [4.78, 5) is 38.1. The zero-order valence-electron chi connectivity index (χ0n) is 14.8. The van der Waals surface area contributed by atoms with E-state index in [9.17, 15) is 14.4 Å². The van der Waals surface area contributed by atoms with Crippen molar-refractivity contribution in [2.45, 2.75) is 43.8 Å². The molecule has 0 bridgehead atoms. The number of aldehydes is 1. The molecule has 2 aromatic rings. The first-order chi connectivity index (χ1) is 12.7. The lowest BCUT2D eigenvalue weighted by atomic mass is 9.94. The van der Waals surface area contributed by atoms with Gasteiger partial charge in [0.2, 0.25) is 6.41 Å². The van der Waals surface area contributed by atoms with Gasteiger partial charge in [0.1, 0.15) is 12.3 Å². The van der Waals surface area contributed by atoms with Gasteiger partial charge in [0.05, 0.1) is 6.04 Å². The Bertz CT molecular complexity index is 886. The predicted octanol–water partition coefficient (Wildman–Crippen LogP) is 2.94. The van der Waals surface area contributed by atoms with Crippen molar-refractivity contribution in [2.24, 2.45) is 0 Å². The summed E-state index contributed by atoms with van der Waals surface area (Å²) in [6.45, 7) is 0. The predicted molar refractivity (Wildman–Crippen MR) is 99.0 cm³/mol. The standard InChI is InChI=1S/C21H22N2O3/c1-22-20-16-10-9-14(15-7-4-8-17(19(15)16)21(20)26)18(11-24)23(12-25)13-5-2-3-6-13/h4,7-13,18,20,22H,2-3,5-6H2,1H3. The van der Waals surface area contributed by atoms with Crippen LogP contribution in [0, 0.1) is 0 Å². The van der Waals surface area contributed by atoms with Crippen molar-refractivity contribution in [1.29, 1.82) is 0 Å². The van der Waals surface area contributed by atoms with Crippen molar-refractivity contribution in [3.8, 4) is 0 Å². The highest BCUT2D eigenvalue weighted by molar-refractivity contribution is 6.18. The quantitative estimate of drug-likeness (QED) is 0.814. The van der Waals surface area contributed by atoms with Crippen molar-refractivity contribution in [3.63, 3.8) is 0 Å². The lowest BCUT2D eigenvalue weighted by molar-refractivity contribution is -0.128. The molecular formula is C21H22N2O3. The smallest absolute Gasteiger partial charge is 0.210 e. The molecular weight excluding hydrogens is 328 g/mol. The molecule has 2 aliphatic rings. The van der Waals surface area contributed by atoms with E-state index in [0.29, 0.717) is 5.56 Å². The van der Waals surface area contributed by atoms with Crippen LogP contribution in [0.4, 0.5) is 0 Å². The number of carbonyl (C=O) groups excluding carboxylic acids is 3. The Morgan fingerprint density at radius 2 is 1.92 bits per heavy atom. The molecule has 2 aromatic carbocycles. The fraction of sp³-hybridized carbons (Fsp3) is 0.381. The van der Waals surface area contributed by atoms with Crippen molar-refractivity contribution >= 4 is 29.3 Å². The van der Waals surface area contributed by atoms with E-state index in [2.05, 4.69) is 5.32 Å². The molecule has 4 rings (SSSR count). The van der Waals surface area contributed by atoms with E-state index >= 15 is 0 Å². The van der Waals surface area contributed by atoms with Crippen LogP contribution in [0.5, 0.6) is 0 Å². The number of likely N-dealkylation sites (N-methyl/N-ethyl adjacent to an activating group) is 1. The van der Waals surface area contributed by atoms with Gasteiger partial charge < -0.3 is 15.0 Å². The van der Waals surface area contributed by atoms with Crippen LogP contribution in [0.3, 0.4) is 0 Å². The Morgan fingerprint density at radius 3 is 2.58 bits per heavy atom. The molecule has 2 atom stereocenters. The molecule has 134 valence electrons. The molecule has 26 heavy (non-hydrogen) atoms. The van der Waals surface area contributed by atoms with Crippen LogP contribution in [0.1, 0.15) is 59.3 Å². The van der Waals surface area contributed by atoms with Crippen molar-refractivity contribution < 1.29 is 14.4 Å². The zero-order valence-corrected chi connectivity index (χ0v) is 14.8. The SMILES string of the molecule is CNC1C(=O)c2cccc3c(C(C=O)N(C=O)C4CCCC4)ccc1c23. The summed E-state index contributed by atoms with van der Waals surface area (Å²) >= 11 is 0. The van der Waals surface area contributed by atoms with Crippen LogP contribution < -0.4 is 5.32 Å². The summed E-state index contributed by atoms with van der Waals surface area (Å²) in [5.74, 6) is 0.0518. The molecule has 1 fully saturated rings. The Morgan fingerprint density at radius 1 is 1.15 bits per heavy atom. The second-order valence-corrected chi connectivity index (χ2v) is 7.13. The topological polar surface area (TPSA) is 66.5 Å². The molecule has 0 heterocycles. The normalized spacial score (nSPS) is 20.5. The molecule has 5 heteroatoms. The molecule has 5 nitrogen and oxygen atoms in total. The van der Waals surface area contributed by atoms with E-state index in [-0.39, 0.29) is 17.9 Å². The highest BCUT2D eigenvalue weighted by Crippen LogP contribution is 2.41. The zero-order chi connectivity index (χ0) is 18.3. The van der Waals surface area contributed by atoms with Crippen LogP contribution in [0.15, 0.2) is 30.3 Å². The summed E-state index contributed by atoms with van der Waals surface area (Å²) < 4.78 is 0. The van der Waals surface area contributed by atoms with Crippen LogP contribution in [0.2, 0.25) is 0 Å². The summed E-state index contributed by atoms with van der Waals surface area (Å²) in [5, 5.41) is 4.86. The average molecular weight is 350 g/mol. The Labute approximate surface area is 152 Å². The molecule has 0 radical (unpaired) electrons. The molecule has 1 N–H and O–H groups in total. The third-order valence-electron chi connectivity index (χ3n) is 5.87. The number of rotatable bonds is 6. The summed E-state index contributed by atoms with van der Waals surface area (Å²) in [7, 11) is 1.77. The lowest BCUT2D eigenvalue weighted by Crippen LogP contribution is -2.36. The third kappa shape index (κ3) is 2.38. The summed E-state index contributed by atoms with van der Waals surface area (Å²) in [6, 6.07) is 8.58. The lowest BCUT2D eigenvalue weighted by Gasteiger charge is -2.31. The molecule has 1 amide bonds. The van der Waals surface area contributed by atoms with Gasteiger partial charge in [-0.15, -0.1) is 0 Å². The summed E-state index contributed by atoms with van der Waals surface area (Å²) in [6.07, 6.45) is 5.70. The van der Waals surface area contributed by atoms with Crippen molar-refractivity contribution in [3.05, 3.63) is 47.0 Å². The van der Waals surface area contributed by atoms with Crippen LogP contribution in [0.25, 0.3) is 10.8 Å². The second-order valence-electron chi connectivity index (χ2n) is 7.13. The van der Waals surface area contributed by atoms with Crippen LogP contribution >= 0.6 is 0 Å². The van der Waals surface area contributed by atoms with Gasteiger partial charge >= 0.3 is 0 Å². The molecule has 1 saturated carbocycles. The number of benzene rings is 2. The number of ketones is 1. The first kappa shape index (κ1) is 16.9. The summed E-state index contributed by atoms with van der Waals surface area (Å²) in [5.41, 5.74) is 2.42. The van der Waals surface area contributed by atoms with Gasteiger partial charge in [-0.2, -0.15) is 0 Å². The second kappa shape index (κ2) is 6.65. The molecule has 0 saturated heterocycles. The van der Waals surface area contributed by atoms with Gasteiger partial charge in [-0.1, -0.05) is 43.2 Å². The van der Waals surface area contributed by atoms with Gasteiger partial charge in [0, 0.05) is 11.6 Å². The number of hydrogen-bond acceptors (Lipinski definition) is 4. The Balaban J connectivity index is 1.87. The number of nitrogens with zero attached hydrogens (tertiary/aromatic N) is 1. The maximum absolute atomic E-state index is 12.7. The molecule has 0 aromatic heterocycles. The minimum atomic E-state index is -0.622. The van der Waals surface area contributed by atoms with Crippen LogP contribution in [-0.2, 0) is 9.59 Å². The number of hydrogen-bond donors (Lipinski definition) is 1. The minimum Gasteiger partial charge on any atom is -0.328 e. The molecule has 0 aliphatic heterocycles. The monoisotopic (exact) mass is 350 g/mol. The van der Waals surface area contributed by atoms with Gasteiger partial charge in [-0.25, -0.2) is 0 Å². The highest BCUT2D eigenvalue weighted by atomic mass is 16.1. The van der Waals surface area contributed by atoms with Crippen molar-refractivity contribution in [2.75, 3.05) is 7.05 Å². The number of carbonyl (C=O) groups is 3. The van der Waals surface area contributed by atoms with E-state index < -0.39 is 6.04 Å². The first-order valence-corrected chi connectivity index (χ1v) is 9.16. The fourth-order valence-corrected chi connectivity index (χ4v) is 4.63. The molecule has 0 spiro atoms. The van der Waals surface area contributed by atoms with E-state index in [1.165, 1.54) is 0 Å². The van der Waals surface area contributed by atoms with E-state index in [4.69, 9.17) is 0 Å². The minimum absolute atomic E-state index is 0.0518. The van der Waals surface area contributed by atoms with Crippen LogP contribution in [-0.4, -0.2) is 36.5 Å².